The predicted molar refractivity (Wildman–Crippen MR) is 104 cm³/mol. The minimum Gasteiger partial charge on any atom is -0.493 e. The van der Waals surface area contributed by atoms with E-state index >= 15 is 0 Å². The molecule has 7 heteroatoms. The van der Waals surface area contributed by atoms with E-state index in [1.54, 1.807) is 38.7 Å². The minimum absolute atomic E-state index is 0.112. The van der Waals surface area contributed by atoms with Crippen LogP contribution in [0.3, 0.4) is 0 Å². The Bertz CT molecular complexity index is 756. The van der Waals surface area contributed by atoms with Crippen LogP contribution in [0.2, 0.25) is 0 Å². The Balaban J connectivity index is 1.62. The summed E-state index contributed by atoms with van der Waals surface area (Å²) >= 11 is 0. The summed E-state index contributed by atoms with van der Waals surface area (Å²) in [6.07, 6.45) is 10.0. The fourth-order valence-corrected chi connectivity index (χ4v) is 3.25. The number of hydrogen-bond acceptors (Lipinski definition) is 6. The topological polar surface area (TPSA) is 85.4 Å². The van der Waals surface area contributed by atoms with Gasteiger partial charge >= 0.3 is 0 Å². The highest BCUT2D eigenvalue weighted by Gasteiger charge is 2.16. The zero-order valence-electron chi connectivity index (χ0n) is 15.8. The standard InChI is InChI=1S/C20H26N4O3/c1-26-17-10-9-16(11-18(17)27-2)24-20-21-12-14(13-22-20)19(25)23-15-7-5-3-4-6-8-15/h9-13,15H,3-8H2,1-2H3,(H,23,25)(H,21,22,24). The molecule has 0 unspecified atom stereocenters. The van der Waals surface area contributed by atoms with Crippen LogP contribution in [0.1, 0.15) is 48.9 Å². The first-order valence-electron chi connectivity index (χ1n) is 9.31. The zero-order chi connectivity index (χ0) is 19.1. The van der Waals surface area contributed by atoms with Gasteiger partial charge in [-0.2, -0.15) is 0 Å². The van der Waals surface area contributed by atoms with E-state index in [1.165, 1.54) is 25.7 Å². The lowest BCUT2D eigenvalue weighted by Crippen LogP contribution is -2.34. The van der Waals surface area contributed by atoms with Crippen molar-refractivity contribution in [1.29, 1.82) is 0 Å². The third kappa shape index (κ3) is 5.09. The Labute approximate surface area is 159 Å². The normalized spacial score (nSPS) is 14.9. The molecule has 0 bridgehead atoms. The molecule has 1 aromatic carbocycles. The van der Waals surface area contributed by atoms with Gasteiger partial charge in [0.2, 0.25) is 5.95 Å². The van der Waals surface area contributed by atoms with E-state index in [0.717, 1.165) is 18.5 Å². The predicted octanol–water partition coefficient (Wildman–Crippen LogP) is 3.69. The van der Waals surface area contributed by atoms with Crippen molar-refractivity contribution >= 4 is 17.5 Å². The quantitative estimate of drug-likeness (QED) is 0.755. The maximum absolute atomic E-state index is 12.4. The molecule has 1 aliphatic carbocycles. The van der Waals surface area contributed by atoms with E-state index in [1.807, 2.05) is 6.07 Å². The molecule has 2 aromatic rings. The molecule has 1 amide bonds. The molecular weight excluding hydrogens is 344 g/mol. The van der Waals surface area contributed by atoms with Gasteiger partial charge in [0, 0.05) is 30.2 Å². The maximum atomic E-state index is 12.4. The number of nitrogens with zero attached hydrogens (tertiary/aromatic N) is 2. The Hall–Kier alpha value is -2.83. The molecule has 1 saturated carbocycles. The second kappa shape index (κ2) is 9.21. The second-order valence-corrected chi connectivity index (χ2v) is 6.65. The molecule has 1 aromatic heterocycles. The Morgan fingerprint density at radius 1 is 1.00 bits per heavy atom. The van der Waals surface area contributed by atoms with Crippen LogP contribution >= 0.6 is 0 Å². The van der Waals surface area contributed by atoms with Gasteiger partial charge in [0.15, 0.2) is 11.5 Å². The number of aromatic nitrogens is 2. The van der Waals surface area contributed by atoms with Gasteiger partial charge in [0.25, 0.3) is 5.91 Å². The molecule has 7 nitrogen and oxygen atoms in total. The summed E-state index contributed by atoms with van der Waals surface area (Å²) in [5.41, 5.74) is 1.24. The summed E-state index contributed by atoms with van der Waals surface area (Å²) in [5.74, 6) is 1.56. The number of ether oxygens (including phenoxy) is 2. The highest BCUT2D eigenvalue weighted by atomic mass is 16.5. The number of benzene rings is 1. The Morgan fingerprint density at radius 2 is 1.67 bits per heavy atom. The van der Waals surface area contributed by atoms with Gasteiger partial charge in [-0.3, -0.25) is 4.79 Å². The van der Waals surface area contributed by atoms with Crippen LogP contribution in [-0.4, -0.2) is 36.1 Å². The molecule has 0 aliphatic heterocycles. The fraction of sp³-hybridized carbons (Fsp3) is 0.450. The molecule has 1 aliphatic rings. The van der Waals surface area contributed by atoms with E-state index < -0.39 is 0 Å². The first-order valence-corrected chi connectivity index (χ1v) is 9.31. The van der Waals surface area contributed by atoms with Crippen LogP contribution in [0.5, 0.6) is 11.5 Å². The van der Waals surface area contributed by atoms with Crippen LogP contribution in [0.4, 0.5) is 11.6 Å². The van der Waals surface area contributed by atoms with E-state index in [0.29, 0.717) is 23.0 Å². The number of anilines is 2. The number of carbonyl (C=O) groups is 1. The fourth-order valence-electron chi connectivity index (χ4n) is 3.25. The Kier molecular flexibility index (Phi) is 6.46. The largest absolute Gasteiger partial charge is 0.493 e. The average Bonchev–Trinajstić information content (AvgIpc) is 2.97. The zero-order valence-corrected chi connectivity index (χ0v) is 15.8. The van der Waals surface area contributed by atoms with Gasteiger partial charge in [-0.05, 0) is 25.0 Å². The lowest BCUT2D eigenvalue weighted by molar-refractivity contribution is 0.0932. The number of rotatable bonds is 6. The minimum atomic E-state index is -0.112. The molecule has 0 radical (unpaired) electrons. The van der Waals surface area contributed by atoms with E-state index in [4.69, 9.17) is 9.47 Å². The summed E-state index contributed by atoms with van der Waals surface area (Å²) in [4.78, 5) is 20.9. The van der Waals surface area contributed by atoms with Gasteiger partial charge < -0.3 is 20.1 Å². The number of carbonyl (C=O) groups excluding carboxylic acids is 1. The van der Waals surface area contributed by atoms with Crippen molar-refractivity contribution in [1.82, 2.24) is 15.3 Å². The maximum Gasteiger partial charge on any atom is 0.254 e. The summed E-state index contributed by atoms with van der Waals surface area (Å²) < 4.78 is 10.5. The molecule has 3 rings (SSSR count). The van der Waals surface area contributed by atoms with E-state index in [2.05, 4.69) is 20.6 Å². The van der Waals surface area contributed by atoms with Crippen molar-refractivity contribution in [2.75, 3.05) is 19.5 Å². The highest BCUT2D eigenvalue weighted by molar-refractivity contribution is 5.93. The summed E-state index contributed by atoms with van der Waals surface area (Å²) in [6.45, 7) is 0. The van der Waals surface area contributed by atoms with Crippen LogP contribution in [0.25, 0.3) is 0 Å². The average molecular weight is 370 g/mol. The lowest BCUT2D eigenvalue weighted by atomic mass is 10.1. The summed E-state index contributed by atoms with van der Waals surface area (Å²) in [7, 11) is 3.17. The SMILES string of the molecule is COc1ccc(Nc2ncc(C(=O)NC3CCCCCC3)cn2)cc1OC. The monoisotopic (exact) mass is 370 g/mol. The van der Waals surface area contributed by atoms with Crippen molar-refractivity contribution < 1.29 is 14.3 Å². The van der Waals surface area contributed by atoms with Crippen LogP contribution in [0.15, 0.2) is 30.6 Å². The van der Waals surface area contributed by atoms with Gasteiger partial charge in [-0.15, -0.1) is 0 Å². The van der Waals surface area contributed by atoms with Crippen LogP contribution in [0, 0.1) is 0 Å². The first kappa shape index (κ1) is 18.9. The number of amides is 1. The third-order valence-corrected chi connectivity index (χ3v) is 4.74. The Morgan fingerprint density at radius 3 is 2.30 bits per heavy atom. The van der Waals surface area contributed by atoms with Gasteiger partial charge in [0.1, 0.15) is 0 Å². The van der Waals surface area contributed by atoms with Crippen molar-refractivity contribution in [3.63, 3.8) is 0 Å². The summed E-state index contributed by atoms with van der Waals surface area (Å²) in [6, 6.07) is 5.70. The van der Waals surface area contributed by atoms with Crippen molar-refractivity contribution in [2.24, 2.45) is 0 Å². The van der Waals surface area contributed by atoms with Gasteiger partial charge in [-0.25, -0.2) is 9.97 Å². The molecule has 144 valence electrons. The van der Waals surface area contributed by atoms with Gasteiger partial charge in [-0.1, -0.05) is 25.7 Å². The van der Waals surface area contributed by atoms with Crippen LogP contribution < -0.4 is 20.1 Å². The van der Waals surface area contributed by atoms with Crippen molar-refractivity contribution in [3.8, 4) is 11.5 Å². The second-order valence-electron chi connectivity index (χ2n) is 6.65. The molecule has 1 fully saturated rings. The number of hydrogen-bond donors (Lipinski definition) is 2. The molecule has 27 heavy (non-hydrogen) atoms. The van der Waals surface area contributed by atoms with Crippen LogP contribution in [-0.2, 0) is 0 Å². The molecule has 0 saturated heterocycles. The molecule has 2 N–H and O–H groups in total. The molecule has 1 heterocycles. The van der Waals surface area contributed by atoms with E-state index in [-0.39, 0.29) is 11.9 Å². The molecule has 0 atom stereocenters. The third-order valence-electron chi connectivity index (χ3n) is 4.74. The van der Waals surface area contributed by atoms with Crippen molar-refractivity contribution in [2.45, 2.75) is 44.6 Å². The van der Waals surface area contributed by atoms with Gasteiger partial charge in [0.05, 0.1) is 19.8 Å². The smallest absolute Gasteiger partial charge is 0.254 e. The highest BCUT2D eigenvalue weighted by Crippen LogP contribution is 2.30. The number of nitrogens with one attached hydrogen (secondary N) is 2. The lowest BCUT2D eigenvalue weighted by Gasteiger charge is -2.16. The first-order chi connectivity index (χ1) is 13.2. The number of methoxy groups -OCH3 is 2. The van der Waals surface area contributed by atoms with Crippen molar-refractivity contribution in [3.05, 3.63) is 36.2 Å². The molecule has 0 spiro atoms. The van der Waals surface area contributed by atoms with E-state index in [9.17, 15) is 4.79 Å². The summed E-state index contributed by atoms with van der Waals surface area (Å²) in [5, 5.41) is 6.20. The molecular formula is C20H26N4O3.